The minimum absolute atomic E-state index is 0.0807. The van der Waals surface area contributed by atoms with E-state index in [1.54, 1.807) is 18.2 Å². The second kappa shape index (κ2) is 7.57. The largest absolute Gasteiger partial charge is 0.384 e. The summed E-state index contributed by atoms with van der Waals surface area (Å²) in [7, 11) is 0.156. The monoisotopic (exact) mass is 310 g/mol. The van der Waals surface area contributed by atoms with Crippen molar-refractivity contribution >= 4 is 10.0 Å². The fourth-order valence-electron chi connectivity index (χ4n) is 1.60. The number of rotatable bonds is 5. The Morgan fingerprint density at radius 1 is 1.38 bits per heavy atom. The lowest BCUT2D eigenvalue weighted by Gasteiger charge is -2.20. The van der Waals surface area contributed by atoms with Crippen LogP contribution in [0.25, 0.3) is 0 Å². The summed E-state index contributed by atoms with van der Waals surface area (Å²) in [5.41, 5.74) is 1.31. The number of likely N-dealkylation sites (N-methyl/N-ethyl adjacent to an activating group) is 1. The van der Waals surface area contributed by atoms with Crippen LogP contribution >= 0.6 is 0 Å². The van der Waals surface area contributed by atoms with Gasteiger partial charge in [-0.05, 0) is 45.6 Å². The molecule has 6 heteroatoms. The number of hydrogen-bond acceptors (Lipinski definition) is 4. The van der Waals surface area contributed by atoms with Crippen LogP contribution in [0.2, 0.25) is 0 Å². The first-order valence-electron chi connectivity index (χ1n) is 6.64. The lowest BCUT2D eigenvalue weighted by Crippen LogP contribution is -2.38. The van der Waals surface area contributed by atoms with Crippen LogP contribution in [-0.2, 0) is 10.0 Å². The highest BCUT2D eigenvalue weighted by molar-refractivity contribution is 7.89. The highest BCUT2D eigenvalue weighted by Crippen LogP contribution is 2.16. The van der Waals surface area contributed by atoms with Crippen molar-refractivity contribution in [2.75, 3.05) is 27.2 Å². The van der Waals surface area contributed by atoms with E-state index in [1.165, 1.54) is 0 Å². The van der Waals surface area contributed by atoms with Crippen LogP contribution < -0.4 is 4.72 Å². The Morgan fingerprint density at radius 3 is 2.62 bits per heavy atom. The molecule has 116 valence electrons. The Hall–Kier alpha value is -1.39. The molecule has 1 aromatic rings. The molecule has 0 fully saturated rings. The Balaban J connectivity index is 3.08. The van der Waals surface area contributed by atoms with E-state index in [0.29, 0.717) is 12.1 Å². The molecule has 0 aliphatic rings. The Morgan fingerprint density at radius 2 is 2.05 bits per heavy atom. The molecule has 1 unspecified atom stereocenters. The maximum atomic E-state index is 12.4. The van der Waals surface area contributed by atoms with Crippen molar-refractivity contribution in [2.24, 2.45) is 0 Å². The molecular formula is C15H22N2O3S. The van der Waals surface area contributed by atoms with Crippen LogP contribution in [0.1, 0.15) is 18.1 Å². The van der Waals surface area contributed by atoms with Crippen molar-refractivity contribution in [3.8, 4) is 11.8 Å². The molecule has 21 heavy (non-hydrogen) atoms. The van der Waals surface area contributed by atoms with Crippen molar-refractivity contribution in [2.45, 2.75) is 24.8 Å². The van der Waals surface area contributed by atoms with E-state index in [9.17, 15) is 8.42 Å². The number of aryl methyl sites for hydroxylation is 1. The minimum atomic E-state index is -3.63. The molecule has 0 heterocycles. The molecule has 0 saturated heterocycles. The maximum absolute atomic E-state index is 12.4. The molecule has 0 aromatic heterocycles. The standard InChI is InChI=1S/C15H22N2O3S/c1-12-7-8-15(14(10-12)6-5-9-18)21(19,20)16-11-13(2)17(3)4/h7-8,10,13,16,18H,9,11H2,1-4H3. The van der Waals surface area contributed by atoms with Crippen LogP contribution in [0.5, 0.6) is 0 Å². The minimum Gasteiger partial charge on any atom is -0.384 e. The first-order valence-corrected chi connectivity index (χ1v) is 8.12. The highest BCUT2D eigenvalue weighted by Gasteiger charge is 2.19. The van der Waals surface area contributed by atoms with Crippen molar-refractivity contribution in [1.82, 2.24) is 9.62 Å². The number of sulfonamides is 1. The van der Waals surface area contributed by atoms with Crippen molar-refractivity contribution < 1.29 is 13.5 Å². The third-order valence-corrected chi connectivity index (χ3v) is 4.66. The van der Waals surface area contributed by atoms with E-state index in [2.05, 4.69) is 16.6 Å². The summed E-state index contributed by atoms with van der Waals surface area (Å²) >= 11 is 0. The number of hydrogen-bond donors (Lipinski definition) is 2. The van der Waals surface area contributed by atoms with Gasteiger partial charge in [-0.2, -0.15) is 0 Å². The van der Waals surface area contributed by atoms with E-state index >= 15 is 0 Å². The Bertz CT molecular complexity index is 643. The molecule has 0 bridgehead atoms. The van der Waals surface area contributed by atoms with E-state index in [0.717, 1.165) is 5.56 Å². The van der Waals surface area contributed by atoms with Crippen LogP contribution in [-0.4, -0.2) is 51.7 Å². The molecule has 0 spiro atoms. The summed E-state index contributed by atoms with van der Waals surface area (Å²) in [4.78, 5) is 2.07. The molecule has 0 aliphatic carbocycles. The molecular weight excluding hydrogens is 288 g/mol. The quantitative estimate of drug-likeness (QED) is 0.780. The Kier molecular flexibility index (Phi) is 6.37. The average molecular weight is 310 g/mol. The SMILES string of the molecule is Cc1ccc(S(=O)(=O)NCC(C)N(C)C)c(C#CCO)c1. The molecule has 2 N–H and O–H groups in total. The van der Waals surface area contributed by atoms with Gasteiger partial charge in [-0.3, -0.25) is 0 Å². The highest BCUT2D eigenvalue weighted by atomic mass is 32.2. The van der Waals surface area contributed by atoms with Gasteiger partial charge in [0.15, 0.2) is 0 Å². The maximum Gasteiger partial charge on any atom is 0.241 e. The fraction of sp³-hybridized carbons (Fsp3) is 0.467. The molecule has 0 radical (unpaired) electrons. The van der Waals surface area contributed by atoms with Crippen molar-refractivity contribution in [3.63, 3.8) is 0 Å². The van der Waals surface area contributed by atoms with Crippen LogP contribution in [0, 0.1) is 18.8 Å². The van der Waals surface area contributed by atoms with Crippen molar-refractivity contribution in [1.29, 1.82) is 0 Å². The van der Waals surface area contributed by atoms with E-state index in [4.69, 9.17) is 5.11 Å². The van der Waals surface area contributed by atoms with Gasteiger partial charge < -0.3 is 10.0 Å². The van der Waals surface area contributed by atoms with Gasteiger partial charge in [0.1, 0.15) is 6.61 Å². The second-order valence-electron chi connectivity index (χ2n) is 5.12. The summed E-state index contributed by atoms with van der Waals surface area (Å²) in [5, 5.41) is 8.78. The molecule has 0 aliphatic heterocycles. The van der Waals surface area contributed by atoms with Crippen LogP contribution in [0.3, 0.4) is 0 Å². The lowest BCUT2D eigenvalue weighted by molar-refractivity contribution is 0.314. The molecule has 1 rings (SSSR count). The molecule has 1 atom stereocenters. The van der Waals surface area contributed by atoms with Gasteiger partial charge in [-0.25, -0.2) is 13.1 Å². The summed E-state index contributed by atoms with van der Waals surface area (Å²) in [6.07, 6.45) is 0. The van der Waals surface area contributed by atoms with E-state index in [1.807, 2.05) is 32.8 Å². The van der Waals surface area contributed by atoms with Gasteiger partial charge in [0.25, 0.3) is 0 Å². The molecule has 5 nitrogen and oxygen atoms in total. The van der Waals surface area contributed by atoms with Gasteiger partial charge in [0.05, 0.1) is 4.90 Å². The summed E-state index contributed by atoms with van der Waals surface area (Å²) in [6.45, 7) is 3.81. The zero-order chi connectivity index (χ0) is 16.0. The third kappa shape index (κ3) is 5.14. The smallest absolute Gasteiger partial charge is 0.241 e. The lowest BCUT2D eigenvalue weighted by atomic mass is 10.1. The topological polar surface area (TPSA) is 69.6 Å². The summed E-state index contributed by atoms with van der Waals surface area (Å²) in [6, 6.07) is 5.05. The van der Waals surface area contributed by atoms with E-state index < -0.39 is 10.0 Å². The van der Waals surface area contributed by atoms with Gasteiger partial charge >= 0.3 is 0 Å². The number of nitrogens with one attached hydrogen (secondary N) is 1. The second-order valence-corrected chi connectivity index (χ2v) is 6.86. The predicted molar refractivity (Wildman–Crippen MR) is 83.5 cm³/mol. The van der Waals surface area contributed by atoms with Gasteiger partial charge in [0.2, 0.25) is 10.0 Å². The van der Waals surface area contributed by atoms with Gasteiger partial charge in [-0.1, -0.05) is 17.9 Å². The van der Waals surface area contributed by atoms with Crippen molar-refractivity contribution in [3.05, 3.63) is 29.3 Å². The van der Waals surface area contributed by atoms with Crippen LogP contribution in [0.4, 0.5) is 0 Å². The fourth-order valence-corrected chi connectivity index (χ4v) is 2.86. The Labute approximate surface area is 127 Å². The zero-order valence-electron chi connectivity index (χ0n) is 12.8. The van der Waals surface area contributed by atoms with Gasteiger partial charge in [0, 0.05) is 18.2 Å². The number of nitrogens with zero attached hydrogens (tertiary/aromatic N) is 1. The first-order chi connectivity index (χ1) is 9.77. The molecule has 1 aromatic carbocycles. The normalized spacial score (nSPS) is 12.9. The molecule has 0 amide bonds. The third-order valence-electron chi connectivity index (χ3n) is 3.18. The first kappa shape index (κ1) is 17.7. The van der Waals surface area contributed by atoms with E-state index in [-0.39, 0.29) is 17.5 Å². The van der Waals surface area contributed by atoms with Crippen LogP contribution in [0.15, 0.2) is 23.1 Å². The number of aliphatic hydroxyl groups excluding tert-OH is 1. The number of benzene rings is 1. The number of aliphatic hydroxyl groups is 1. The summed E-state index contributed by atoms with van der Waals surface area (Å²) in [5.74, 6) is 5.18. The predicted octanol–water partition coefficient (Wildman–Crippen LogP) is 0.567. The zero-order valence-corrected chi connectivity index (χ0v) is 13.7. The van der Waals surface area contributed by atoms with Gasteiger partial charge in [-0.15, -0.1) is 0 Å². The summed E-state index contributed by atoms with van der Waals surface area (Å²) < 4.78 is 27.4. The average Bonchev–Trinajstić information content (AvgIpc) is 2.42. The molecule has 0 saturated carbocycles.